The molecule has 0 aliphatic rings. The topological polar surface area (TPSA) is 42.0 Å². The van der Waals surface area contributed by atoms with Crippen molar-refractivity contribution in [3.63, 3.8) is 0 Å². The second-order valence-corrected chi connectivity index (χ2v) is 2.37. The van der Waals surface area contributed by atoms with Gasteiger partial charge in [-0.25, -0.2) is 0 Å². The van der Waals surface area contributed by atoms with E-state index in [1.165, 1.54) is 6.92 Å². The van der Waals surface area contributed by atoms with Crippen molar-refractivity contribution in [2.75, 3.05) is 12.0 Å². The van der Waals surface area contributed by atoms with Crippen LogP contribution in [0.25, 0.3) is 0 Å². The van der Waals surface area contributed by atoms with Gasteiger partial charge in [0.05, 0.1) is 11.9 Å². The average molecular weight is 228 g/mol. The van der Waals surface area contributed by atoms with Gasteiger partial charge in [-0.2, -0.15) is 0 Å². The summed E-state index contributed by atoms with van der Waals surface area (Å²) < 4.78 is 0. The molecule has 1 aromatic rings. The zero-order valence-electron chi connectivity index (χ0n) is 10.2. The maximum absolute atomic E-state index is 10.6. The molecule has 0 aliphatic heterocycles. The van der Waals surface area contributed by atoms with E-state index in [1.54, 1.807) is 6.20 Å². The molecule has 1 unspecified atom stereocenters. The normalized spacial score (nSPS) is 7.60. The summed E-state index contributed by atoms with van der Waals surface area (Å²) in [6.45, 7) is 9.29. The SMILES string of the molecule is CC.CC(=O)Nc1ccc(C)nc1.CP. The summed E-state index contributed by atoms with van der Waals surface area (Å²) in [5, 5.41) is 2.63. The van der Waals surface area contributed by atoms with Gasteiger partial charge in [-0.15, -0.1) is 9.24 Å². The Morgan fingerprint density at radius 2 is 1.87 bits per heavy atom. The summed E-state index contributed by atoms with van der Waals surface area (Å²) >= 11 is 0. The quantitative estimate of drug-likeness (QED) is 0.751. The first-order valence-corrected chi connectivity index (χ1v) is 6.12. The Morgan fingerprint density at radius 1 is 1.33 bits per heavy atom. The molecule has 86 valence electrons. The van der Waals surface area contributed by atoms with Crippen LogP contribution >= 0.6 is 9.24 Å². The van der Waals surface area contributed by atoms with Crippen LogP contribution < -0.4 is 5.32 Å². The lowest BCUT2D eigenvalue weighted by atomic mass is 10.3. The molecule has 0 saturated carbocycles. The van der Waals surface area contributed by atoms with Crippen LogP contribution in [0.4, 0.5) is 5.69 Å². The van der Waals surface area contributed by atoms with Gasteiger partial charge in [-0.1, -0.05) is 20.5 Å². The number of hydrogen-bond acceptors (Lipinski definition) is 2. The lowest BCUT2D eigenvalue weighted by molar-refractivity contribution is -0.114. The van der Waals surface area contributed by atoms with Crippen LogP contribution in [0.15, 0.2) is 18.3 Å². The van der Waals surface area contributed by atoms with E-state index in [1.807, 2.05) is 39.6 Å². The summed E-state index contributed by atoms with van der Waals surface area (Å²) in [6.07, 6.45) is 1.64. The molecule has 3 nitrogen and oxygen atoms in total. The maximum atomic E-state index is 10.6. The van der Waals surface area contributed by atoms with Gasteiger partial charge >= 0.3 is 0 Å². The van der Waals surface area contributed by atoms with Crippen molar-refractivity contribution in [2.24, 2.45) is 0 Å². The Balaban J connectivity index is 0. The smallest absolute Gasteiger partial charge is 0.221 e. The number of carbonyl (C=O) groups excluding carboxylic acids is 1. The maximum Gasteiger partial charge on any atom is 0.221 e. The summed E-state index contributed by atoms with van der Waals surface area (Å²) in [7, 11) is 2.42. The molecule has 0 aromatic carbocycles. The van der Waals surface area contributed by atoms with E-state index in [2.05, 4.69) is 19.5 Å². The lowest BCUT2D eigenvalue weighted by Crippen LogP contribution is -2.05. The Morgan fingerprint density at radius 3 is 2.20 bits per heavy atom. The zero-order chi connectivity index (χ0) is 12.3. The largest absolute Gasteiger partial charge is 0.325 e. The van der Waals surface area contributed by atoms with E-state index in [9.17, 15) is 4.79 Å². The van der Waals surface area contributed by atoms with Crippen LogP contribution in [0.3, 0.4) is 0 Å². The molecule has 0 saturated heterocycles. The number of anilines is 1. The van der Waals surface area contributed by atoms with Crippen molar-refractivity contribution < 1.29 is 4.79 Å². The molecule has 0 radical (unpaired) electrons. The fourth-order valence-electron chi connectivity index (χ4n) is 0.745. The minimum atomic E-state index is -0.0735. The van der Waals surface area contributed by atoms with Crippen molar-refractivity contribution in [3.8, 4) is 0 Å². The predicted molar refractivity (Wildman–Crippen MR) is 70.3 cm³/mol. The summed E-state index contributed by atoms with van der Waals surface area (Å²) in [5.41, 5.74) is 1.68. The molecular weight excluding hydrogens is 207 g/mol. The lowest BCUT2D eigenvalue weighted by Gasteiger charge is -1.99. The molecule has 0 spiro atoms. The highest BCUT2D eigenvalue weighted by atomic mass is 31.0. The van der Waals surface area contributed by atoms with E-state index in [4.69, 9.17) is 0 Å². The van der Waals surface area contributed by atoms with Crippen LogP contribution in [0, 0.1) is 6.92 Å². The number of amides is 1. The van der Waals surface area contributed by atoms with E-state index < -0.39 is 0 Å². The number of nitrogens with one attached hydrogen (secondary N) is 1. The summed E-state index contributed by atoms with van der Waals surface area (Å²) in [5.74, 6) is -0.0735. The van der Waals surface area contributed by atoms with Crippen LogP contribution in [0.1, 0.15) is 26.5 Å². The van der Waals surface area contributed by atoms with Gasteiger partial charge < -0.3 is 5.32 Å². The van der Waals surface area contributed by atoms with Crippen molar-refractivity contribution in [1.29, 1.82) is 0 Å². The van der Waals surface area contributed by atoms with Gasteiger partial charge in [-0.05, 0) is 19.1 Å². The molecule has 1 aromatic heterocycles. The molecule has 1 rings (SSSR count). The highest BCUT2D eigenvalue weighted by Crippen LogP contribution is 2.04. The third-order valence-electron chi connectivity index (χ3n) is 1.23. The first-order valence-electron chi connectivity index (χ1n) is 4.96. The van der Waals surface area contributed by atoms with Gasteiger partial charge in [-0.3, -0.25) is 9.78 Å². The fraction of sp³-hybridized carbons (Fsp3) is 0.455. The number of hydrogen-bond donors (Lipinski definition) is 1. The van der Waals surface area contributed by atoms with E-state index in [-0.39, 0.29) is 5.91 Å². The predicted octanol–water partition coefficient (Wildman–Crippen LogP) is 2.87. The number of carbonyl (C=O) groups is 1. The standard InChI is InChI=1S/C8H10N2O.C2H6.CH5P/c1-6-3-4-8(5-9-6)10-7(2)11;2*1-2/h3-5H,1-2H3,(H,10,11);1-2H3;2H2,1H3. The molecule has 0 aliphatic carbocycles. The first kappa shape index (κ1) is 16.5. The van der Waals surface area contributed by atoms with Gasteiger partial charge in [0.15, 0.2) is 0 Å². The van der Waals surface area contributed by atoms with Crippen LogP contribution in [0.2, 0.25) is 0 Å². The van der Waals surface area contributed by atoms with Crippen molar-refractivity contribution in [1.82, 2.24) is 4.98 Å². The molecule has 0 bridgehead atoms. The minimum Gasteiger partial charge on any atom is -0.325 e. The third-order valence-corrected chi connectivity index (χ3v) is 1.23. The van der Waals surface area contributed by atoms with Crippen LogP contribution in [-0.4, -0.2) is 17.6 Å². The number of pyridine rings is 1. The van der Waals surface area contributed by atoms with Crippen LogP contribution in [0.5, 0.6) is 0 Å². The van der Waals surface area contributed by atoms with E-state index in [0.29, 0.717) is 0 Å². The second kappa shape index (κ2) is 11.1. The Kier molecular flexibility index (Phi) is 12.2. The second-order valence-electron chi connectivity index (χ2n) is 2.37. The van der Waals surface area contributed by atoms with Gasteiger partial charge in [0, 0.05) is 12.6 Å². The zero-order valence-corrected chi connectivity index (χ0v) is 11.3. The Labute approximate surface area is 94.9 Å². The molecular formula is C11H21N2OP. The molecule has 15 heavy (non-hydrogen) atoms. The van der Waals surface area contributed by atoms with Crippen molar-refractivity contribution >= 4 is 20.8 Å². The number of rotatable bonds is 1. The Bertz CT molecular complexity index is 260. The molecule has 1 heterocycles. The third kappa shape index (κ3) is 9.36. The number of aromatic nitrogens is 1. The monoisotopic (exact) mass is 228 g/mol. The summed E-state index contributed by atoms with van der Waals surface area (Å²) in [4.78, 5) is 14.6. The highest BCUT2D eigenvalue weighted by Gasteiger charge is 1.93. The molecule has 1 N–H and O–H groups in total. The number of aryl methyl sites for hydroxylation is 1. The van der Waals surface area contributed by atoms with E-state index >= 15 is 0 Å². The van der Waals surface area contributed by atoms with Crippen molar-refractivity contribution in [2.45, 2.75) is 27.7 Å². The van der Waals surface area contributed by atoms with Gasteiger partial charge in [0.1, 0.15) is 0 Å². The van der Waals surface area contributed by atoms with Crippen LogP contribution in [-0.2, 0) is 4.79 Å². The first-order chi connectivity index (χ1) is 7.18. The fourth-order valence-corrected chi connectivity index (χ4v) is 0.745. The highest BCUT2D eigenvalue weighted by molar-refractivity contribution is 7.15. The van der Waals surface area contributed by atoms with Gasteiger partial charge in [0.25, 0.3) is 0 Å². The Hall–Kier alpha value is -0.950. The number of nitrogens with zero attached hydrogens (tertiary/aromatic N) is 1. The summed E-state index contributed by atoms with van der Waals surface area (Å²) in [6, 6.07) is 3.68. The molecule has 1 atom stereocenters. The van der Waals surface area contributed by atoms with E-state index in [0.717, 1.165) is 11.4 Å². The van der Waals surface area contributed by atoms with Crippen molar-refractivity contribution in [3.05, 3.63) is 24.0 Å². The van der Waals surface area contributed by atoms with Gasteiger partial charge in [0.2, 0.25) is 5.91 Å². The average Bonchev–Trinajstić information content (AvgIpc) is 2.27. The minimum absolute atomic E-state index is 0.0735. The molecule has 1 amide bonds. The molecule has 4 heteroatoms. The molecule has 0 fully saturated rings.